The number of phosphoric ester groups is 1. The maximum Gasteiger partial charge on any atom is 0.268 e. The van der Waals surface area contributed by atoms with Crippen LogP contribution in [-0.4, -0.2) is 68.5 Å². The predicted molar refractivity (Wildman–Crippen MR) is 210 cm³/mol. The van der Waals surface area contributed by atoms with Crippen LogP contribution < -0.4 is 10.2 Å². The fourth-order valence-electron chi connectivity index (χ4n) is 5.93. The molecule has 0 saturated heterocycles. The number of phosphoric acid groups is 1. The standard InChI is InChI=1S/C41H83N2O6P/c1-6-8-10-12-14-16-18-20-21-23-25-27-29-31-33-35-41(45)42-39(38-49-50(46,47)48-37-36-43(3,4)5)40(44)34-32-30-28-26-24-22-19-17-15-13-11-9-7-2/h32,34,39-40,44H,6-31,33,35-38H2,1-5H3,(H-,42,45,46,47)/b34-32+/t39-,40+/m0/s1/i18+1,20D/t20?,39-,40+. The summed E-state index contributed by atoms with van der Waals surface area (Å²) in [6, 6.07) is -0.899. The number of likely N-dealkylation sites (N-methyl/N-ethyl adjacent to an activating group) is 1. The van der Waals surface area contributed by atoms with Crippen molar-refractivity contribution in [3.63, 3.8) is 0 Å². The fourth-order valence-corrected chi connectivity index (χ4v) is 6.65. The van der Waals surface area contributed by atoms with Crippen molar-refractivity contribution in [2.24, 2.45) is 0 Å². The van der Waals surface area contributed by atoms with Crippen LogP contribution in [0.5, 0.6) is 0 Å². The van der Waals surface area contributed by atoms with Gasteiger partial charge in [-0.25, -0.2) is 0 Å². The summed E-state index contributed by atoms with van der Waals surface area (Å²) in [6.45, 7) is 4.57. The summed E-state index contributed by atoms with van der Waals surface area (Å²) in [5.41, 5.74) is 0. The zero-order valence-electron chi connectivity index (χ0n) is 34.5. The van der Waals surface area contributed by atoms with Gasteiger partial charge in [-0.05, 0) is 19.3 Å². The third kappa shape index (κ3) is 35.6. The van der Waals surface area contributed by atoms with Gasteiger partial charge in [-0.3, -0.25) is 9.36 Å². The molecule has 0 spiro atoms. The molecule has 0 aliphatic rings. The third-order valence-corrected chi connectivity index (χ3v) is 10.3. The molecule has 9 heteroatoms. The van der Waals surface area contributed by atoms with Gasteiger partial charge >= 0.3 is 0 Å². The van der Waals surface area contributed by atoms with Gasteiger partial charge in [0, 0.05) is 7.79 Å². The van der Waals surface area contributed by atoms with Gasteiger partial charge in [0.1, 0.15) is 13.2 Å². The number of rotatable bonds is 38. The number of hydrogen-bond donors (Lipinski definition) is 2. The molecule has 0 radical (unpaired) electrons. The molecule has 2 N–H and O–H groups in total. The Balaban J connectivity index is 4.50. The van der Waals surface area contributed by atoms with Crippen molar-refractivity contribution in [3.8, 4) is 0 Å². The largest absolute Gasteiger partial charge is 0.756 e. The smallest absolute Gasteiger partial charge is 0.268 e. The van der Waals surface area contributed by atoms with Gasteiger partial charge in [0.25, 0.3) is 7.82 Å². The molecule has 1 amide bonds. The van der Waals surface area contributed by atoms with Gasteiger partial charge in [-0.1, -0.05) is 180 Å². The summed E-state index contributed by atoms with van der Waals surface area (Å²) in [4.78, 5) is 25.2. The SMILES string of the molecule is [2H]C(CCCCCCCCC(=O)N[C@@H](COP(=O)([O-])OCC[N+](C)(C)C)[C@H](O)/C=C/CCCCCCCCCCCCC)[13CH2]CCCCCCC. The minimum absolute atomic E-state index is 0.00833. The van der Waals surface area contributed by atoms with E-state index < -0.39 is 26.6 Å². The highest BCUT2D eigenvalue weighted by atomic mass is 31.2. The molecule has 0 heterocycles. The van der Waals surface area contributed by atoms with Crippen molar-refractivity contribution in [2.45, 2.75) is 206 Å². The molecule has 50 heavy (non-hydrogen) atoms. The van der Waals surface area contributed by atoms with Crippen molar-refractivity contribution in [1.82, 2.24) is 5.32 Å². The summed E-state index contributed by atoms with van der Waals surface area (Å²) in [5, 5.41) is 13.7. The molecule has 2 unspecified atom stereocenters. The average Bonchev–Trinajstić information content (AvgIpc) is 3.07. The highest BCUT2D eigenvalue weighted by Gasteiger charge is 2.23. The average molecular weight is 733 g/mol. The molecular weight excluding hydrogens is 648 g/mol. The normalized spacial score (nSPS) is 15.5. The zero-order chi connectivity index (χ0) is 38.1. The van der Waals surface area contributed by atoms with E-state index in [1.54, 1.807) is 6.08 Å². The molecular formula is C41H83N2O6P. The Hall–Kier alpha value is -0.760. The number of carbonyl (C=O) groups is 1. The van der Waals surface area contributed by atoms with Crippen molar-refractivity contribution >= 4 is 13.7 Å². The molecule has 8 nitrogen and oxygen atoms in total. The Morgan fingerprint density at radius 2 is 1.18 bits per heavy atom. The van der Waals surface area contributed by atoms with Gasteiger partial charge in [0.05, 0.1) is 39.9 Å². The summed E-state index contributed by atoms with van der Waals surface area (Å²) in [5.74, 6) is -0.222. The van der Waals surface area contributed by atoms with Gasteiger partial charge in [0.2, 0.25) is 5.91 Å². The van der Waals surface area contributed by atoms with Crippen molar-refractivity contribution in [3.05, 3.63) is 12.2 Å². The number of allylic oxidation sites excluding steroid dienone is 1. The van der Waals surface area contributed by atoms with Crippen LogP contribution in [0.4, 0.5) is 0 Å². The second kappa shape index (κ2) is 34.0. The van der Waals surface area contributed by atoms with E-state index in [1.165, 1.54) is 96.3 Å². The van der Waals surface area contributed by atoms with E-state index in [0.717, 1.165) is 70.6 Å². The minimum Gasteiger partial charge on any atom is -0.756 e. The van der Waals surface area contributed by atoms with Crippen LogP contribution in [0.25, 0.3) is 0 Å². The van der Waals surface area contributed by atoms with E-state index in [9.17, 15) is 19.4 Å². The summed E-state index contributed by atoms with van der Waals surface area (Å²) >= 11 is 0. The summed E-state index contributed by atoms with van der Waals surface area (Å²) < 4.78 is 31.4. The summed E-state index contributed by atoms with van der Waals surface area (Å²) in [7, 11) is 1.23. The number of nitrogens with zero attached hydrogens (tertiary/aromatic N) is 1. The van der Waals surface area contributed by atoms with Gasteiger partial charge in [-0.2, -0.15) is 0 Å². The lowest BCUT2D eigenvalue weighted by molar-refractivity contribution is -0.870. The first-order valence-electron chi connectivity index (χ1n) is 21.4. The van der Waals surface area contributed by atoms with E-state index in [-0.39, 0.29) is 18.9 Å². The molecule has 0 rings (SSSR count). The highest BCUT2D eigenvalue weighted by molar-refractivity contribution is 7.45. The van der Waals surface area contributed by atoms with Crippen LogP contribution in [0.15, 0.2) is 12.2 Å². The molecule has 0 aromatic rings. The molecule has 0 aliphatic heterocycles. The maximum atomic E-state index is 12.8. The fraction of sp³-hybridized carbons (Fsp3) is 0.927. The van der Waals surface area contributed by atoms with Crippen molar-refractivity contribution in [1.29, 1.82) is 0 Å². The molecule has 0 aromatic heterocycles. The van der Waals surface area contributed by atoms with Crippen LogP contribution in [-0.2, 0) is 18.4 Å². The quantitative estimate of drug-likeness (QED) is 0.0215. The predicted octanol–water partition coefficient (Wildman–Crippen LogP) is 10.6. The van der Waals surface area contributed by atoms with E-state index >= 15 is 0 Å². The van der Waals surface area contributed by atoms with Crippen LogP contribution in [0.2, 0.25) is 0 Å². The van der Waals surface area contributed by atoms with Crippen molar-refractivity contribution in [2.75, 3.05) is 40.9 Å². The number of unbranched alkanes of at least 4 members (excludes halogenated alkanes) is 21. The Labute approximate surface area is 311 Å². The van der Waals surface area contributed by atoms with Gasteiger partial charge < -0.3 is 28.8 Å². The number of quaternary nitrogens is 1. The van der Waals surface area contributed by atoms with E-state index in [0.29, 0.717) is 17.4 Å². The number of hydrogen-bond acceptors (Lipinski definition) is 6. The molecule has 0 bridgehead atoms. The Morgan fingerprint density at radius 3 is 1.66 bits per heavy atom. The molecule has 0 saturated carbocycles. The first-order chi connectivity index (χ1) is 24.4. The molecule has 298 valence electrons. The van der Waals surface area contributed by atoms with Crippen LogP contribution in [0, 0.1) is 0 Å². The van der Waals surface area contributed by atoms with Gasteiger partial charge in [-0.15, -0.1) is 0 Å². The molecule has 0 aliphatic carbocycles. The molecule has 0 fully saturated rings. The molecule has 4 atom stereocenters. The highest BCUT2D eigenvalue weighted by Crippen LogP contribution is 2.38. The number of aliphatic hydroxyl groups excluding tert-OH is 1. The first kappa shape index (κ1) is 47.3. The lowest BCUT2D eigenvalue weighted by Gasteiger charge is -2.29. The second-order valence-electron chi connectivity index (χ2n) is 15.5. The Kier molecular flexibility index (Phi) is 32.2. The topological polar surface area (TPSA) is 108 Å². The van der Waals surface area contributed by atoms with Crippen LogP contribution in [0.3, 0.4) is 0 Å². The summed E-state index contributed by atoms with van der Waals surface area (Å²) in [6.07, 6.45) is 33.4. The zero-order valence-corrected chi connectivity index (χ0v) is 34.4. The lowest BCUT2D eigenvalue weighted by atomic mass is 10.0. The first-order valence-corrected chi connectivity index (χ1v) is 22.3. The number of nitrogens with one attached hydrogen (secondary N) is 1. The van der Waals surface area contributed by atoms with E-state index in [2.05, 4.69) is 19.2 Å². The monoisotopic (exact) mass is 733 g/mol. The van der Waals surface area contributed by atoms with E-state index in [1.807, 2.05) is 27.2 Å². The van der Waals surface area contributed by atoms with E-state index in [4.69, 9.17) is 10.4 Å². The second-order valence-corrected chi connectivity index (χ2v) is 16.9. The molecule has 0 aromatic carbocycles. The third-order valence-electron chi connectivity index (χ3n) is 9.31. The number of aliphatic hydroxyl groups is 1. The van der Waals surface area contributed by atoms with Crippen LogP contribution in [0.1, 0.15) is 195 Å². The lowest BCUT2D eigenvalue weighted by Crippen LogP contribution is -2.45. The Bertz CT molecular complexity index is 872. The number of amides is 1. The number of carbonyl (C=O) groups excluding carboxylic acids is 1. The maximum absolute atomic E-state index is 12.8. The van der Waals surface area contributed by atoms with Crippen LogP contribution >= 0.6 is 7.82 Å². The van der Waals surface area contributed by atoms with Crippen molar-refractivity contribution < 1.29 is 34.3 Å². The minimum atomic E-state index is -4.59. The van der Waals surface area contributed by atoms with Gasteiger partial charge in [0.15, 0.2) is 0 Å². The Morgan fingerprint density at radius 1 is 0.740 bits per heavy atom.